The molecule has 1 unspecified atom stereocenters. The molecule has 0 radical (unpaired) electrons. The van der Waals surface area contributed by atoms with Crippen LogP contribution in [0.25, 0.3) is 0 Å². The molecule has 1 rings (SSSR count). The predicted molar refractivity (Wildman–Crippen MR) is 52.5 cm³/mol. The molecule has 84 valence electrons. The zero-order chi connectivity index (χ0) is 10.6. The van der Waals surface area contributed by atoms with Crippen molar-refractivity contribution in [1.29, 1.82) is 0 Å². The molecule has 14 heavy (non-hydrogen) atoms. The van der Waals surface area contributed by atoms with Gasteiger partial charge in [-0.25, -0.2) is 12.7 Å². The van der Waals surface area contributed by atoms with Gasteiger partial charge < -0.3 is 9.84 Å². The molecule has 0 aromatic carbocycles. The van der Waals surface area contributed by atoms with Crippen molar-refractivity contribution in [2.75, 3.05) is 32.6 Å². The smallest absolute Gasteiger partial charge is 0.214 e. The largest absolute Gasteiger partial charge is 0.391 e. The van der Waals surface area contributed by atoms with Crippen molar-refractivity contribution in [3.8, 4) is 0 Å². The van der Waals surface area contributed by atoms with Gasteiger partial charge in [-0.1, -0.05) is 0 Å². The number of aliphatic hydroxyl groups excluding tert-OH is 1. The summed E-state index contributed by atoms with van der Waals surface area (Å²) in [5.74, 6) is 0.243. The minimum absolute atomic E-state index is 0.243. The Labute approximate surface area is 84.7 Å². The van der Waals surface area contributed by atoms with Crippen LogP contribution in [0.3, 0.4) is 0 Å². The Balaban J connectivity index is 2.31. The molecule has 1 fully saturated rings. The quantitative estimate of drug-likeness (QED) is 0.677. The molecule has 0 spiro atoms. The molecule has 6 heteroatoms. The van der Waals surface area contributed by atoms with E-state index in [0.717, 1.165) is 0 Å². The molecular weight excluding hydrogens is 206 g/mol. The maximum Gasteiger partial charge on any atom is 0.214 e. The van der Waals surface area contributed by atoms with E-state index in [-0.39, 0.29) is 12.4 Å². The lowest BCUT2D eigenvalue weighted by atomic mass is 10.2. The maximum absolute atomic E-state index is 11.3. The van der Waals surface area contributed by atoms with Crippen molar-refractivity contribution >= 4 is 10.0 Å². The van der Waals surface area contributed by atoms with E-state index in [1.165, 1.54) is 11.4 Å². The normalized spacial score (nSPS) is 23.9. The first-order chi connectivity index (χ1) is 6.56. The predicted octanol–water partition coefficient (Wildman–Crippen LogP) is -0.581. The number of nitrogens with zero attached hydrogens (tertiary/aromatic N) is 1. The van der Waals surface area contributed by atoms with Gasteiger partial charge in [0.05, 0.1) is 18.5 Å². The lowest BCUT2D eigenvalue weighted by Crippen LogP contribution is -2.30. The molecular formula is C8H17NO4S. The molecule has 0 aromatic heterocycles. The van der Waals surface area contributed by atoms with Gasteiger partial charge in [-0.05, 0) is 12.8 Å². The molecule has 1 saturated heterocycles. The second-order valence-electron chi connectivity index (χ2n) is 3.47. The summed E-state index contributed by atoms with van der Waals surface area (Å²) in [5.41, 5.74) is 0. The summed E-state index contributed by atoms with van der Waals surface area (Å²) in [5, 5.41) is 9.33. The highest BCUT2D eigenvalue weighted by Gasteiger charge is 2.27. The Kier molecular flexibility index (Phi) is 4.31. The number of ether oxygens (including phenoxy) is 1. The SMILES string of the molecule is COCC(O)CCN1CCCS1(=O)=O. The summed E-state index contributed by atoms with van der Waals surface area (Å²) in [6, 6.07) is 0. The van der Waals surface area contributed by atoms with Gasteiger partial charge in [0.2, 0.25) is 10.0 Å². The highest BCUT2D eigenvalue weighted by Crippen LogP contribution is 2.13. The molecule has 0 aliphatic carbocycles. The van der Waals surface area contributed by atoms with E-state index in [4.69, 9.17) is 4.74 Å². The van der Waals surface area contributed by atoms with Gasteiger partial charge in [0.25, 0.3) is 0 Å². The Bertz CT molecular complexity index is 265. The van der Waals surface area contributed by atoms with E-state index >= 15 is 0 Å². The van der Waals surface area contributed by atoms with E-state index in [9.17, 15) is 13.5 Å². The highest BCUT2D eigenvalue weighted by molar-refractivity contribution is 7.89. The third-order valence-electron chi connectivity index (χ3n) is 2.27. The van der Waals surface area contributed by atoms with Crippen LogP contribution in [0.15, 0.2) is 0 Å². The summed E-state index contributed by atoms with van der Waals surface area (Å²) in [6.07, 6.45) is 0.561. The Morgan fingerprint density at radius 2 is 2.29 bits per heavy atom. The second-order valence-corrected chi connectivity index (χ2v) is 5.55. The van der Waals surface area contributed by atoms with Crippen molar-refractivity contribution in [3.05, 3.63) is 0 Å². The zero-order valence-electron chi connectivity index (χ0n) is 8.35. The number of aliphatic hydroxyl groups is 1. The van der Waals surface area contributed by atoms with Gasteiger partial charge in [0.15, 0.2) is 0 Å². The van der Waals surface area contributed by atoms with Crippen LogP contribution in [0.2, 0.25) is 0 Å². The van der Waals surface area contributed by atoms with Crippen molar-refractivity contribution in [1.82, 2.24) is 4.31 Å². The number of hydrogen-bond acceptors (Lipinski definition) is 4. The van der Waals surface area contributed by atoms with Crippen molar-refractivity contribution < 1.29 is 18.3 Å². The van der Waals surface area contributed by atoms with Gasteiger partial charge in [0.1, 0.15) is 0 Å². The van der Waals surface area contributed by atoms with Crippen LogP contribution < -0.4 is 0 Å². The van der Waals surface area contributed by atoms with Crippen LogP contribution in [0, 0.1) is 0 Å². The topological polar surface area (TPSA) is 66.8 Å². The summed E-state index contributed by atoms with van der Waals surface area (Å²) < 4.78 is 28.9. The Morgan fingerprint density at radius 1 is 1.57 bits per heavy atom. The number of hydrogen-bond donors (Lipinski definition) is 1. The number of sulfonamides is 1. The number of rotatable bonds is 5. The summed E-state index contributed by atoms with van der Waals surface area (Å²) in [7, 11) is -1.51. The van der Waals surface area contributed by atoms with Crippen LogP contribution in [0.4, 0.5) is 0 Å². The van der Waals surface area contributed by atoms with E-state index in [0.29, 0.717) is 25.9 Å². The van der Waals surface area contributed by atoms with Gasteiger partial charge >= 0.3 is 0 Å². The van der Waals surface area contributed by atoms with E-state index in [1.807, 2.05) is 0 Å². The Hall–Kier alpha value is -0.170. The minimum atomic E-state index is -3.02. The highest BCUT2D eigenvalue weighted by atomic mass is 32.2. The fourth-order valence-corrected chi connectivity index (χ4v) is 3.05. The maximum atomic E-state index is 11.3. The average molecular weight is 223 g/mol. The first kappa shape index (κ1) is 11.9. The lowest BCUT2D eigenvalue weighted by molar-refractivity contribution is 0.0565. The van der Waals surface area contributed by atoms with Crippen LogP contribution in [0.1, 0.15) is 12.8 Å². The zero-order valence-corrected chi connectivity index (χ0v) is 9.16. The van der Waals surface area contributed by atoms with Gasteiger partial charge in [-0.15, -0.1) is 0 Å². The first-order valence-electron chi connectivity index (χ1n) is 4.71. The van der Waals surface area contributed by atoms with Crippen molar-refractivity contribution in [3.63, 3.8) is 0 Å². The standard InChI is InChI=1S/C8H17NO4S/c1-13-7-8(10)3-5-9-4-2-6-14(9,11)12/h8,10H,2-7H2,1H3. The van der Waals surface area contributed by atoms with E-state index in [1.54, 1.807) is 0 Å². The van der Waals surface area contributed by atoms with Crippen LogP contribution >= 0.6 is 0 Å². The first-order valence-corrected chi connectivity index (χ1v) is 6.32. The molecule has 1 atom stereocenters. The second kappa shape index (κ2) is 5.06. The van der Waals surface area contributed by atoms with Crippen molar-refractivity contribution in [2.24, 2.45) is 0 Å². The molecule has 0 aromatic rings. The minimum Gasteiger partial charge on any atom is -0.391 e. The molecule has 0 amide bonds. The molecule has 0 saturated carbocycles. The van der Waals surface area contributed by atoms with Crippen molar-refractivity contribution in [2.45, 2.75) is 18.9 Å². The van der Waals surface area contributed by atoms with Gasteiger partial charge in [-0.3, -0.25) is 0 Å². The number of methoxy groups -OCH3 is 1. The van der Waals surface area contributed by atoms with Crippen LogP contribution in [0.5, 0.6) is 0 Å². The van der Waals surface area contributed by atoms with Gasteiger partial charge in [0, 0.05) is 20.2 Å². The molecule has 1 aliphatic rings. The Morgan fingerprint density at radius 3 is 2.79 bits per heavy atom. The molecule has 1 aliphatic heterocycles. The fraction of sp³-hybridized carbons (Fsp3) is 1.00. The summed E-state index contributed by atoms with van der Waals surface area (Å²) >= 11 is 0. The summed E-state index contributed by atoms with van der Waals surface area (Å²) in [6.45, 7) is 1.24. The third kappa shape index (κ3) is 3.20. The van der Waals surface area contributed by atoms with E-state index in [2.05, 4.69) is 0 Å². The van der Waals surface area contributed by atoms with Gasteiger partial charge in [-0.2, -0.15) is 0 Å². The monoisotopic (exact) mass is 223 g/mol. The van der Waals surface area contributed by atoms with Crippen LogP contribution in [-0.4, -0.2) is 56.5 Å². The third-order valence-corrected chi connectivity index (χ3v) is 4.23. The summed E-state index contributed by atoms with van der Waals surface area (Å²) in [4.78, 5) is 0. The molecule has 5 nitrogen and oxygen atoms in total. The molecule has 0 bridgehead atoms. The fourth-order valence-electron chi connectivity index (χ4n) is 1.51. The van der Waals surface area contributed by atoms with Crippen LogP contribution in [-0.2, 0) is 14.8 Å². The molecule has 1 N–H and O–H groups in total. The lowest BCUT2D eigenvalue weighted by Gasteiger charge is -2.16. The average Bonchev–Trinajstić information content (AvgIpc) is 2.42. The van der Waals surface area contributed by atoms with E-state index < -0.39 is 16.1 Å². The molecule has 1 heterocycles.